The molecule has 2 N–H and O–H groups in total. The van der Waals surface area contributed by atoms with Gasteiger partial charge in [0.15, 0.2) is 5.79 Å². The molecule has 2 aliphatic heterocycles. The molecule has 35 heavy (non-hydrogen) atoms. The molecule has 0 spiro atoms. The third-order valence-electron chi connectivity index (χ3n) is 8.03. The molecule has 0 unspecified atom stereocenters. The Kier molecular flexibility index (Phi) is 5.18. The van der Waals surface area contributed by atoms with Gasteiger partial charge in [0, 0.05) is 24.3 Å². The van der Waals surface area contributed by atoms with Gasteiger partial charge in [-0.15, -0.1) is 0 Å². The standard InChI is InChI=1S/C28H27NO6/c1-34-15-16-13-21-25(27(32)29(26(21)31)17-7-3-2-4-8-17)22-14-24(35-28(16,22)33)20-11-12-23(30)19-10-6-5-9-18(19)20/h2-12,16,21-22,24-25,30,33H,13-15H2,1H3/t16-,21+,22+,24+,25+,28-/m1/s1. The number of amides is 2. The van der Waals surface area contributed by atoms with Gasteiger partial charge in [0.25, 0.3) is 0 Å². The number of aromatic hydroxyl groups is 1. The monoisotopic (exact) mass is 473 g/mol. The summed E-state index contributed by atoms with van der Waals surface area (Å²) < 4.78 is 11.8. The second-order valence-electron chi connectivity index (χ2n) is 9.79. The van der Waals surface area contributed by atoms with Gasteiger partial charge in [-0.05, 0) is 42.0 Å². The van der Waals surface area contributed by atoms with E-state index in [1.54, 1.807) is 37.4 Å². The molecule has 6 rings (SSSR count). The summed E-state index contributed by atoms with van der Waals surface area (Å²) in [5.41, 5.74) is 1.38. The van der Waals surface area contributed by atoms with Crippen molar-refractivity contribution in [3.8, 4) is 5.75 Å². The lowest BCUT2D eigenvalue weighted by Gasteiger charge is -2.44. The van der Waals surface area contributed by atoms with Crippen LogP contribution in [-0.2, 0) is 19.1 Å². The molecule has 0 aromatic heterocycles. The van der Waals surface area contributed by atoms with Gasteiger partial charge in [-0.1, -0.05) is 48.5 Å². The van der Waals surface area contributed by atoms with Crippen molar-refractivity contribution < 1.29 is 29.3 Å². The van der Waals surface area contributed by atoms with Crippen LogP contribution >= 0.6 is 0 Å². The van der Waals surface area contributed by atoms with Crippen LogP contribution in [0.25, 0.3) is 10.8 Å². The van der Waals surface area contributed by atoms with E-state index in [9.17, 15) is 19.8 Å². The van der Waals surface area contributed by atoms with Gasteiger partial charge in [-0.2, -0.15) is 0 Å². The molecule has 0 radical (unpaired) electrons. The fourth-order valence-corrected chi connectivity index (χ4v) is 6.49. The smallest absolute Gasteiger partial charge is 0.238 e. The van der Waals surface area contributed by atoms with Gasteiger partial charge in [0.1, 0.15) is 5.75 Å². The first-order chi connectivity index (χ1) is 16.9. The van der Waals surface area contributed by atoms with Gasteiger partial charge >= 0.3 is 0 Å². The Morgan fingerprint density at radius 2 is 1.69 bits per heavy atom. The van der Waals surface area contributed by atoms with Crippen LogP contribution in [0.5, 0.6) is 5.75 Å². The molecule has 1 saturated carbocycles. The van der Waals surface area contributed by atoms with E-state index in [0.29, 0.717) is 23.9 Å². The fourth-order valence-electron chi connectivity index (χ4n) is 6.49. The normalized spacial score (nSPS) is 32.2. The molecule has 7 nitrogen and oxygen atoms in total. The van der Waals surface area contributed by atoms with Crippen LogP contribution in [-0.4, -0.2) is 41.5 Å². The molecular weight excluding hydrogens is 446 g/mol. The summed E-state index contributed by atoms with van der Waals surface area (Å²) in [6.07, 6.45) is 0.193. The largest absolute Gasteiger partial charge is 0.507 e. The number of para-hydroxylation sites is 1. The maximum atomic E-state index is 13.7. The number of fused-ring (bicyclic) bond motifs is 4. The minimum absolute atomic E-state index is 0.172. The first-order valence-electron chi connectivity index (χ1n) is 12.0. The Labute approximate surface area is 202 Å². The summed E-state index contributed by atoms with van der Waals surface area (Å²) in [7, 11) is 1.56. The van der Waals surface area contributed by atoms with E-state index in [2.05, 4.69) is 0 Å². The van der Waals surface area contributed by atoms with Crippen molar-refractivity contribution in [2.45, 2.75) is 24.7 Å². The molecule has 0 bridgehead atoms. The number of nitrogens with zero attached hydrogens (tertiary/aromatic N) is 1. The average Bonchev–Trinajstić information content (AvgIpc) is 3.34. The minimum atomic E-state index is -1.61. The fraction of sp³-hybridized carbons (Fsp3) is 0.357. The van der Waals surface area contributed by atoms with E-state index < -0.39 is 35.6 Å². The van der Waals surface area contributed by atoms with Crippen LogP contribution in [0.3, 0.4) is 0 Å². The maximum absolute atomic E-state index is 13.7. The third kappa shape index (κ3) is 3.22. The molecular formula is C28H27NO6. The van der Waals surface area contributed by atoms with Crippen LogP contribution in [0.1, 0.15) is 24.5 Å². The van der Waals surface area contributed by atoms with Crippen molar-refractivity contribution in [3.05, 3.63) is 72.3 Å². The number of hydrogen-bond acceptors (Lipinski definition) is 6. The molecule has 1 aliphatic carbocycles. The van der Waals surface area contributed by atoms with Crippen LogP contribution in [0.4, 0.5) is 5.69 Å². The molecule has 3 aromatic carbocycles. The number of carbonyl (C=O) groups excluding carboxylic acids is 2. The molecule has 2 amide bonds. The Morgan fingerprint density at radius 1 is 0.971 bits per heavy atom. The average molecular weight is 474 g/mol. The van der Waals surface area contributed by atoms with Crippen LogP contribution in [0.2, 0.25) is 0 Å². The number of imide groups is 1. The van der Waals surface area contributed by atoms with E-state index in [1.807, 2.05) is 36.4 Å². The van der Waals surface area contributed by atoms with Crippen molar-refractivity contribution in [1.29, 1.82) is 0 Å². The van der Waals surface area contributed by atoms with Crippen molar-refractivity contribution in [3.63, 3.8) is 0 Å². The highest BCUT2D eigenvalue weighted by atomic mass is 16.6. The van der Waals surface area contributed by atoms with Gasteiger partial charge in [0.05, 0.1) is 30.2 Å². The summed E-state index contributed by atoms with van der Waals surface area (Å²) in [6, 6.07) is 19.9. The summed E-state index contributed by atoms with van der Waals surface area (Å²) in [5, 5.41) is 23.8. The van der Waals surface area contributed by atoms with E-state index in [4.69, 9.17) is 9.47 Å². The van der Waals surface area contributed by atoms with E-state index in [-0.39, 0.29) is 24.2 Å². The van der Waals surface area contributed by atoms with E-state index in [0.717, 1.165) is 10.9 Å². The minimum Gasteiger partial charge on any atom is -0.507 e. The third-order valence-corrected chi connectivity index (χ3v) is 8.03. The Hall–Kier alpha value is -3.26. The highest BCUT2D eigenvalue weighted by Crippen LogP contribution is 2.59. The lowest BCUT2D eigenvalue weighted by atomic mass is 9.64. The summed E-state index contributed by atoms with van der Waals surface area (Å²) in [4.78, 5) is 28.4. The van der Waals surface area contributed by atoms with E-state index >= 15 is 0 Å². The summed E-state index contributed by atoms with van der Waals surface area (Å²) in [5.74, 6) is -4.18. The predicted molar refractivity (Wildman–Crippen MR) is 128 cm³/mol. The van der Waals surface area contributed by atoms with Crippen molar-refractivity contribution in [2.75, 3.05) is 18.6 Å². The molecule has 3 aromatic rings. The molecule has 7 heteroatoms. The first-order valence-corrected chi connectivity index (χ1v) is 12.0. The molecule has 6 atom stereocenters. The number of methoxy groups -OCH3 is 1. The van der Waals surface area contributed by atoms with Crippen molar-refractivity contribution >= 4 is 28.3 Å². The second kappa shape index (κ2) is 8.16. The van der Waals surface area contributed by atoms with Gasteiger partial charge in [0.2, 0.25) is 11.8 Å². The van der Waals surface area contributed by atoms with Gasteiger partial charge in [-0.3, -0.25) is 14.5 Å². The Morgan fingerprint density at radius 3 is 2.43 bits per heavy atom. The van der Waals surface area contributed by atoms with Crippen LogP contribution in [0.15, 0.2) is 66.7 Å². The number of phenolic OH excluding ortho intramolecular Hbond substituents is 1. The number of ether oxygens (including phenoxy) is 2. The molecule has 2 heterocycles. The van der Waals surface area contributed by atoms with E-state index in [1.165, 1.54) is 4.90 Å². The number of phenols is 1. The van der Waals surface area contributed by atoms with Crippen LogP contribution < -0.4 is 4.90 Å². The van der Waals surface area contributed by atoms with Crippen molar-refractivity contribution in [2.24, 2.45) is 23.7 Å². The molecule has 180 valence electrons. The molecule has 3 fully saturated rings. The highest BCUT2D eigenvalue weighted by Gasteiger charge is 2.67. The van der Waals surface area contributed by atoms with Crippen molar-refractivity contribution in [1.82, 2.24) is 0 Å². The number of aliphatic hydroxyl groups is 1. The quantitative estimate of drug-likeness (QED) is 0.560. The highest BCUT2D eigenvalue weighted by molar-refractivity contribution is 6.22. The predicted octanol–water partition coefficient (Wildman–Crippen LogP) is 3.78. The lowest BCUT2D eigenvalue weighted by Crippen LogP contribution is -2.54. The topological polar surface area (TPSA) is 96.3 Å². The second-order valence-corrected chi connectivity index (χ2v) is 9.79. The maximum Gasteiger partial charge on any atom is 0.238 e. The summed E-state index contributed by atoms with van der Waals surface area (Å²) >= 11 is 0. The summed E-state index contributed by atoms with van der Waals surface area (Å²) in [6.45, 7) is 0.214. The van der Waals surface area contributed by atoms with Gasteiger partial charge < -0.3 is 19.7 Å². The zero-order chi connectivity index (χ0) is 24.3. The molecule has 2 saturated heterocycles. The zero-order valence-electron chi connectivity index (χ0n) is 19.3. The number of carbonyl (C=O) groups is 2. The Bertz CT molecular complexity index is 1310. The molecule has 3 aliphatic rings. The zero-order valence-corrected chi connectivity index (χ0v) is 19.3. The number of hydrogen-bond donors (Lipinski definition) is 2. The number of benzene rings is 3. The SMILES string of the molecule is COC[C@H]1C[C@@H]2C(=O)N(c3ccccc3)C(=O)[C@@H]2[C@@H]2C[C@@H](c3ccc(O)c4ccccc34)O[C@]12O. The van der Waals surface area contributed by atoms with Crippen LogP contribution in [0, 0.1) is 23.7 Å². The number of anilines is 1. The lowest BCUT2D eigenvalue weighted by molar-refractivity contribution is -0.275. The first kappa shape index (κ1) is 22.2. The Balaban J connectivity index is 1.42. The van der Waals surface area contributed by atoms with Gasteiger partial charge in [-0.25, -0.2) is 0 Å². The number of rotatable bonds is 4.